The van der Waals surface area contributed by atoms with E-state index in [0.717, 1.165) is 11.1 Å². The lowest BCUT2D eigenvalue weighted by Gasteiger charge is -2.20. The molecule has 0 aromatic heterocycles. The molecule has 128 valence electrons. The molecule has 0 spiro atoms. The zero-order chi connectivity index (χ0) is 17.6. The third kappa shape index (κ3) is 4.15. The Hall–Kier alpha value is -2.88. The molecule has 2 amide bonds. The minimum absolute atomic E-state index is 0.242. The van der Waals surface area contributed by atoms with E-state index in [1.165, 1.54) is 4.90 Å². The van der Waals surface area contributed by atoms with Gasteiger partial charge in [-0.05, 0) is 30.9 Å². The Kier molecular flexibility index (Phi) is 5.29. The van der Waals surface area contributed by atoms with Crippen molar-refractivity contribution in [1.29, 1.82) is 0 Å². The van der Waals surface area contributed by atoms with Gasteiger partial charge in [-0.25, -0.2) is 9.69 Å². The highest BCUT2D eigenvalue weighted by atomic mass is 16.6. The van der Waals surface area contributed by atoms with Gasteiger partial charge in [-0.15, -0.1) is 0 Å². The number of amides is 2. The number of allylic oxidation sites excluding steroid dienone is 1. The first-order chi connectivity index (χ1) is 12.1. The normalized spacial score (nSPS) is 17.5. The Morgan fingerprint density at radius 3 is 2.32 bits per heavy atom. The van der Waals surface area contributed by atoms with Crippen molar-refractivity contribution in [2.45, 2.75) is 25.8 Å². The van der Waals surface area contributed by atoms with Crippen molar-refractivity contribution in [3.8, 4) is 0 Å². The van der Waals surface area contributed by atoms with Crippen LogP contribution >= 0.6 is 0 Å². The van der Waals surface area contributed by atoms with Gasteiger partial charge < -0.3 is 4.74 Å². The molecule has 0 N–H and O–H groups in total. The lowest BCUT2D eigenvalue weighted by atomic mass is 10.0. The number of hydrogen-bond acceptors (Lipinski definition) is 3. The van der Waals surface area contributed by atoms with Crippen LogP contribution in [0.25, 0.3) is 0 Å². The van der Waals surface area contributed by atoms with E-state index >= 15 is 0 Å². The Morgan fingerprint density at radius 2 is 1.68 bits per heavy atom. The van der Waals surface area contributed by atoms with E-state index in [1.54, 1.807) is 6.92 Å². The number of ether oxygens (including phenoxy) is 1. The summed E-state index contributed by atoms with van der Waals surface area (Å²) in [5.41, 5.74) is 2.76. The number of cyclic esters (lactones) is 1. The fraction of sp³-hybridized carbons (Fsp3) is 0.238. The van der Waals surface area contributed by atoms with Gasteiger partial charge >= 0.3 is 6.09 Å². The van der Waals surface area contributed by atoms with Crippen molar-refractivity contribution >= 4 is 12.0 Å². The van der Waals surface area contributed by atoms with Crippen LogP contribution in [0.4, 0.5) is 4.79 Å². The molecule has 1 aliphatic rings. The van der Waals surface area contributed by atoms with Gasteiger partial charge in [0.1, 0.15) is 6.61 Å². The molecule has 0 bridgehead atoms. The van der Waals surface area contributed by atoms with Crippen LogP contribution in [-0.4, -0.2) is 29.5 Å². The van der Waals surface area contributed by atoms with E-state index in [4.69, 9.17) is 4.74 Å². The average Bonchev–Trinajstić information content (AvgIpc) is 3.01. The van der Waals surface area contributed by atoms with E-state index in [-0.39, 0.29) is 18.6 Å². The zero-order valence-electron chi connectivity index (χ0n) is 14.2. The lowest BCUT2D eigenvalue weighted by Crippen LogP contribution is -2.40. The van der Waals surface area contributed by atoms with E-state index < -0.39 is 6.09 Å². The maximum atomic E-state index is 12.7. The smallest absolute Gasteiger partial charge is 0.417 e. The van der Waals surface area contributed by atoms with Crippen LogP contribution < -0.4 is 0 Å². The summed E-state index contributed by atoms with van der Waals surface area (Å²) in [6.45, 7) is 1.99. The molecule has 2 aromatic carbocycles. The highest BCUT2D eigenvalue weighted by Crippen LogP contribution is 2.20. The second kappa shape index (κ2) is 7.79. The fourth-order valence-electron chi connectivity index (χ4n) is 2.91. The number of carbonyl (C=O) groups excluding carboxylic acids is 2. The predicted molar refractivity (Wildman–Crippen MR) is 96.0 cm³/mol. The summed E-state index contributed by atoms with van der Waals surface area (Å²) in [5, 5.41) is 0. The van der Waals surface area contributed by atoms with Crippen LogP contribution in [0.15, 0.2) is 72.3 Å². The van der Waals surface area contributed by atoms with Crippen LogP contribution in [0.3, 0.4) is 0 Å². The monoisotopic (exact) mass is 335 g/mol. The SMILES string of the molecule is CC(=CCc1ccccc1)C(=O)N1C(=O)OC[C@H]1Cc1ccccc1. The number of rotatable bonds is 5. The Balaban J connectivity index is 1.70. The molecule has 0 saturated carbocycles. The van der Waals surface area contributed by atoms with Gasteiger partial charge in [0.2, 0.25) is 0 Å². The minimum Gasteiger partial charge on any atom is -0.447 e. The highest BCUT2D eigenvalue weighted by molar-refractivity contribution is 6.03. The predicted octanol–water partition coefficient (Wildman–Crippen LogP) is 3.77. The van der Waals surface area contributed by atoms with Crippen molar-refractivity contribution in [3.05, 3.63) is 83.4 Å². The molecule has 1 saturated heterocycles. The number of carbonyl (C=O) groups is 2. The number of benzene rings is 2. The fourth-order valence-corrected chi connectivity index (χ4v) is 2.91. The van der Waals surface area contributed by atoms with Crippen molar-refractivity contribution < 1.29 is 14.3 Å². The molecular weight excluding hydrogens is 314 g/mol. The van der Waals surface area contributed by atoms with Crippen molar-refractivity contribution in [2.24, 2.45) is 0 Å². The van der Waals surface area contributed by atoms with Crippen LogP contribution in [-0.2, 0) is 22.4 Å². The molecule has 25 heavy (non-hydrogen) atoms. The summed E-state index contributed by atoms with van der Waals surface area (Å²) < 4.78 is 5.12. The summed E-state index contributed by atoms with van der Waals surface area (Å²) in [5.74, 6) is -0.278. The zero-order valence-corrected chi connectivity index (χ0v) is 14.2. The van der Waals surface area contributed by atoms with Gasteiger partial charge in [0.25, 0.3) is 5.91 Å². The molecule has 0 unspecified atom stereocenters. The standard InChI is InChI=1S/C21H21NO3/c1-16(12-13-17-8-4-2-5-9-17)20(23)22-19(15-25-21(22)24)14-18-10-6-3-7-11-18/h2-12,19H,13-15H2,1H3/t19-/m1/s1. The number of nitrogens with zero attached hydrogens (tertiary/aromatic N) is 1. The van der Waals surface area contributed by atoms with Crippen molar-refractivity contribution in [1.82, 2.24) is 4.90 Å². The molecule has 1 heterocycles. The molecule has 1 atom stereocenters. The maximum Gasteiger partial charge on any atom is 0.417 e. The van der Waals surface area contributed by atoms with E-state index in [2.05, 4.69) is 0 Å². The van der Waals surface area contributed by atoms with Crippen molar-refractivity contribution in [2.75, 3.05) is 6.61 Å². The van der Waals surface area contributed by atoms with Crippen LogP contribution in [0.1, 0.15) is 18.1 Å². The van der Waals surface area contributed by atoms with Gasteiger partial charge in [0, 0.05) is 5.57 Å². The molecule has 0 radical (unpaired) electrons. The quantitative estimate of drug-likeness (QED) is 0.782. The van der Waals surface area contributed by atoms with Crippen LogP contribution in [0.2, 0.25) is 0 Å². The number of imide groups is 1. The third-order valence-electron chi connectivity index (χ3n) is 4.32. The molecule has 4 heteroatoms. The summed E-state index contributed by atoms with van der Waals surface area (Å²) in [6, 6.07) is 19.5. The van der Waals surface area contributed by atoms with Gasteiger partial charge in [-0.3, -0.25) is 4.79 Å². The third-order valence-corrected chi connectivity index (χ3v) is 4.32. The van der Waals surface area contributed by atoms with Crippen molar-refractivity contribution in [3.63, 3.8) is 0 Å². The second-order valence-corrected chi connectivity index (χ2v) is 6.17. The van der Waals surface area contributed by atoms with E-state index in [9.17, 15) is 9.59 Å². The molecular formula is C21H21NO3. The van der Waals surface area contributed by atoms with E-state index in [0.29, 0.717) is 18.4 Å². The van der Waals surface area contributed by atoms with E-state index in [1.807, 2.05) is 66.7 Å². The van der Waals surface area contributed by atoms with Gasteiger partial charge in [-0.1, -0.05) is 66.7 Å². The highest BCUT2D eigenvalue weighted by Gasteiger charge is 2.38. The first-order valence-electron chi connectivity index (χ1n) is 8.40. The summed E-state index contributed by atoms with van der Waals surface area (Å²) in [4.78, 5) is 26.0. The molecule has 1 fully saturated rings. The first kappa shape index (κ1) is 17.0. The summed E-state index contributed by atoms with van der Waals surface area (Å²) >= 11 is 0. The topological polar surface area (TPSA) is 46.6 Å². The maximum absolute atomic E-state index is 12.7. The van der Waals surface area contributed by atoms with Gasteiger partial charge in [0.15, 0.2) is 0 Å². The largest absolute Gasteiger partial charge is 0.447 e. The molecule has 2 aromatic rings. The molecule has 3 rings (SSSR count). The number of hydrogen-bond donors (Lipinski definition) is 0. The first-order valence-corrected chi connectivity index (χ1v) is 8.40. The summed E-state index contributed by atoms with van der Waals surface area (Å²) in [6.07, 6.45) is 2.57. The Labute approximate surface area is 147 Å². The van der Waals surface area contributed by atoms with Crippen LogP contribution in [0, 0.1) is 0 Å². The minimum atomic E-state index is -0.557. The molecule has 1 aliphatic heterocycles. The second-order valence-electron chi connectivity index (χ2n) is 6.17. The van der Waals surface area contributed by atoms with Gasteiger partial charge in [-0.2, -0.15) is 0 Å². The van der Waals surface area contributed by atoms with Crippen LogP contribution in [0.5, 0.6) is 0 Å². The average molecular weight is 335 g/mol. The molecule has 0 aliphatic carbocycles. The molecule has 4 nitrogen and oxygen atoms in total. The Morgan fingerprint density at radius 1 is 1.08 bits per heavy atom. The summed E-state index contributed by atoms with van der Waals surface area (Å²) in [7, 11) is 0. The Bertz CT molecular complexity index is 768. The lowest BCUT2D eigenvalue weighted by molar-refractivity contribution is -0.125. The van der Waals surface area contributed by atoms with Gasteiger partial charge in [0.05, 0.1) is 6.04 Å².